The number of hydrogen-bond acceptors (Lipinski definition) is 5. The van der Waals surface area contributed by atoms with Crippen LogP contribution in [0.25, 0.3) is 10.2 Å². The van der Waals surface area contributed by atoms with Gasteiger partial charge in [0.1, 0.15) is 0 Å². The third-order valence-electron chi connectivity index (χ3n) is 6.08. The Morgan fingerprint density at radius 2 is 1.76 bits per heavy atom. The maximum atomic E-state index is 13.0. The summed E-state index contributed by atoms with van der Waals surface area (Å²) in [4.78, 5) is 24.4. The van der Waals surface area contributed by atoms with E-state index in [9.17, 15) is 4.79 Å². The summed E-state index contributed by atoms with van der Waals surface area (Å²) in [6, 6.07) is 14.8. The van der Waals surface area contributed by atoms with Crippen LogP contribution in [0.5, 0.6) is 0 Å². The summed E-state index contributed by atoms with van der Waals surface area (Å²) in [6.45, 7) is 9.31. The molecule has 29 heavy (non-hydrogen) atoms. The predicted octanol–water partition coefficient (Wildman–Crippen LogP) is 3.70. The van der Waals surface area contributed by atoms with Crippen molar-refractivity contribution in [2.45, 2.75) is 13.8 Å². The molecule has 150 valence electrons. The Bertz CT molecular complexity index is 1010. The number of nitrogens with zero attached hydrogens (tertiary/aromatic N) is 4. The van der Waals surface area contributed by atoms with E-state index >= 15 is 0 Å². The van der Waals surface area contributed by atoms with Crippen LogP contribution in [-0.4, -0.2) is 55.1 Å². The van der Waals surface area contributed by atoms with E-state index in [1.165, 1.54) is 21.5 Å². The number of amides is 1. The fourth-order valence-corrected chi connectivity index (χ4v) is 5.26. The van der Waals surface area contributed by atoms with Crippen molar-refractivity contribution in [2.75, 3.05) is 49.1 Å². The number of fused-ring (bicyclic) bond motifs is 1. The first-order valence-corrected chi connectivity index (χ1v) is 11.1. The zero-order valence-electron chi connectivity index (χ0n) is 17.0. The fourth-order valence-electron chi connectivity index (χ4n) is 4.27. The van der Waals surface area contributed by atoms with Crippen LogP contribution in [-0.2, 0) is 4.79 Å². The molecule has 6 heteroatoms. The van der Waals surface area contributed by atoms with Crippen molar-refractivity contribution in [3.63, 3.8) is 0 Å². The van der Waals surface area contributed by atoms with Crippen molar-refractivity contribution in [1.82, 2.24) is 9.88 Å². The number of carbonyl (C=O) groups is 1. The molecular formula is C23H26N4OS. The van der Waals surface area contributed by atoms with Gasteiger partial charge in [0.05, 0.1) is 16.1 Å². The number of aryl methyl sites for hydroxylation is 2. The van der Waals surface area contributed by atoms with Gasteiger partial charge in [0, 0.05) is 45.0 Å². The lowest BCUT2D eigenvalue weighted by molar-refractivity contribution is -0.136. The molecule has 2 aromatic carbocycles. The topological polar surface area (TPSA) is 39.7 Å². The van der Waals surface area contributed by atoms with E-state index < -0.39 is 0 Å². The minimum atomic E-state index is 0.106. The van der Waals surface area contributed by atoms with Gasteiger partial charge in [-0.1, -0.05) is 35.6 Å². The van der Waals surface area contributed by atoms with E-state index in [-0.39, 0.29) is 5.92 Å². The molecule has 0 spiro atoms. The Morgan fingerprint density at radius 1 is 1.00 bits per heavy atom. The normalized spacial score (nSPS) is 17.7. The van der Waals surface area contributed by atoms with Crippen molar-refractivity contribution in [1.29, 1.82) is 0 Å². The maximum absolute atomic E-state index is 13.0. The highest BCUT2D eigenvalue weighted by molar-refractivity contribution is 7.22. The van der Waals surface area contributed by atoms with E-state index in [1.807, 2.05) is 18.2 Å². The summed E-state index contributed by atoms with van der Waals surface area (Å²) in [6.07, 6.45) is 0. The highest BCUT2D eigenvalue weighted by Crippen LogP contribution is 2.33. The Labute approximate surface area is 175 Å². The second-order valence-corrected chi connectivity index (χ2v) is 9.18. The molecule has 5 nitrogen and oxygen atoms in total. The van der Waals surface area contributed by atoms with E-state index in [0.29, 0.717) is 5.91 Å². The lowest BCUT2D eigenvalue weighted by Gasteiger charge is -2.43. The van der Waals surface area contributed by atoms with Crippen molar-refractivity contribution < 1.29 is 4.79 Å². The summed E-state index contributed by atoms with van der Waals surface area (Å²) in [5.74, 6) is 0.414. The third kappa shape index (κ3) is 3.46. The zero-order chi connectivity index (χ0) is 20.0. The molecule has 0 radical (unpaired) electrons. The first kappa shape index (κ1) is 18.4. The van der Waals surface area contributed by atoms with Crippen molar-refractivity contribution in [2.24, 2.45) is 5.92 Å². The van der Waals surface area contributed by atoms with E-state index in [1.54, 1.807) is 11.3 Å². The summed E-state index contributed by atoms with van der Waals surface area (Å²) >= 11 is 1.71. The molecule has 5 rings (SSSR count). The molecule has 2 saturated heterocycles. The molecule has 0 aliphatic carbocycles. The van der Waals surface area contributed by atoms with Gasteiger partial charge in [0.25, 0.3) is 0 Å². The summed E-state index contributed by atoms with van der Waals surface area (Å²) in [5.41, 5.74) is 4.95. The number of piperazine rings is 1. The Kier molecular flexibility index (Phi) is 4.66. The van der Waals surface area contributed by atoms with Crippen molar-refractivity contribution in [3.8, 4) is 0 Å². The van der Waals surface area contributed by atoms with Crippen LogP contribution in [0.15, 0.2) is 42.5 Å². The molecular weight excluding hydrogens is 380 g/mol. The standard InChI is InChI=1S/C23H26N4OS/c1-16-7-8-17(2)20(13-16)25-9-11-26(12-10-25)22(28)18-14-27(15-18)23-24-19-5-3-4-6-21(19)29-23/h3-8,13,18H,9-12,14-15H2,1-2H3. The minimum Gasteiger partial charge on any atom is -0.368 e. The SMILES string of the molecule is Cc1ccc(C)c(N2CCN(C(=O)C3CN(c4nc5ccccc5s4)C3)CC2)c1. The van der Waals surface area contributed by atoms with Gasteiger partial charge in [-0.2, -0.15) is 0 Å². The molecule has 1 aromatic heterocycles. The lowest BCUT2D eigenvalue weighted by Crippen LogP contribution is -2.58. The highest BCUT2D eigenvalue weighted by Gasteiger charge is 2.37. The highest BCUT2D eigenvalue weighted by atomic mass is 32.1. The Balaban J connectivity index is 1.17. The number of aromatic nitrogens is 1. The van der Waals surface area contributed by atoms with Gasteiger partial charge in [-0.15, -0.1) is 0 Å². The molecule has 1 amide bonds. The third-order valence-corrected chi connectivity index (χ3v) is 7.18. The largest absolute Gasteiger partial charge is 0.368 e. The van der Waals surface area contributed by atoms with Crippen molar-refractivity contribution >= 4 is 38.3 Å². The molecule has 0 N–H and O–H groups in total. The van der Waals surface area contributed by atoms with Gasteiger partial charge < -0.3 is 14.7 Å². The molecule has 0 bridgehead atoms. The minimum absolute atomic E-state index is 0.106. The average Bonchev–Trinajstić information content (AvgIpc) is 3.12. The van der Waals surface area contributed by atoms with Gasteiger partial charge in [-0.05, 0) is 43.2 Å². The van der Waals surface area contributed by atoms with Gasteiger partial charge in [0.15, 0.2) is 5.13 Å². The Hall–Kier alpha value is -2.60. The van der Waals surface area contributed by atoms with Gasteiger partial charge >= 0.3 is 0 Å². The second-order valence-electron chi connectivity index (χ2n) is 8.17. The van der Waals surface area contributed by atoms with Crippen LogP contribution in [0, 0.1) is 19.8 Å². The molecule has 2 fully saturated rings. The fraction of sp³-hybridized carbons (Fsp3) is 0.391. The molecule has 3 heterocycles. The summed E-state index contributed by atoms with van der Waals surface area (Å²) in [7, 11) is 0. The molecule has 0 unspecified atom stereocenters. The molecule has 3 aromatic rings. The number of benzene rings is 2. The van der Waals surface area contributed by atoms with Crippen LogP contribution >= 0.6 is 11.3 Å². The Morgan fingerprint density at radius 3 is 2.52 bits per heavy atom. The molecule has 2 aliphatic rings. The second kappa shape index (κ2) is 7.34. The number of rotatable bonds is 3. The van der Waals surface area contributed by atoms with Crippen LogP contribution in [0.1, 0.15) is 11.1 Å². The quantitative estimate of drug-likeness (QED) is 0.665. The lowest BCUT2D eigenvalue weighted by atomic mass is 9.98. The van der Waals surface area contributed by atoms with E-state index in [4.69, 9.17) is 4.98 Å². The molecule has 0 atom stereocenters. The number of thiazole rings is 1. The zero-order valence-corrected chi connectivity index (χ0v) is 17.8. The molecule has 2 aliphatic heterocycles. The maximum Gasteiger partial charge on any atom is 0.229 e. The van der Waals surface area contributed by atoms with Crippen LogP contribution in [0.4, 0.5) is 10.8 Å². The summed E-state index contributed by atoms with van der Waals surface area (Å²) in [5, 5.41) is 1.04. The smallest absolute Gasteiger partial charge is 0.229 e. The van der Waals surface area contributed by atoms with Crippen LogP contribution in [0.3, 0.4) is 0 Å². The number of hydrogen-bond donors (Lipinski definition) is 0. The first-order valence-electron chi connectivity index (χ1n) is 10.3. The van der Waals surface area contributed by atoms with Gasteiger partial charge in [-0.25, -0.2) is 4.98 Å². The number of carbonyl (C=O) groups excluding carboxylic acids is 1. The summed E-state index contributed by atoms with van der Waals surface area (Å²) < 4.78 is 1.21. The monoisotopic (exact) mass is 406 g/mol. The average molecular weight is 407 g/mol. The number of anilines is 2. The van der Waals surface area contributed by atoms with Crippen LogP contribution in [0.2, 0.25) is 0 Å². The van der Waals surface area contributed by atoms with Gasteiger partial charge in [-0.3, -0.25) is 4.79 Å². The molecule has 0 saturated carbocycles. The number of para-hydroxylation sites is 1. The van der Waals surface area contributed by atoms with Gasteiger partial charge in [0.2, 0.25) is 5.91 Å². The van der Waals surface area contributed by atoms with E-state index in [2.05, 4.69) is 52.8 Å². The first-order chi connectivity index (χ1) is 14.1. The van der Waals surface area contributed by atoms with E-state index in [0.717, 1.165) is 49.9 Å². The predicted molar refractivity (Wildman–Crippen MR) is 120 cm³/mol. The van der Waals surface area contributed by atoms with Crippen molar-refractivity contribution in [3.05, 3.63) is 53.6 Å². The van der Waals surface area contributed by atoms with Crippen LogP contribution < -0.4 is 9.80 Å².